The third kappa shape index (κ3) is 2.36. The zero-order chi connectivity index (χ0) is 14.8. The summed E-state index contributed by atoms with van der Waals surface area (Å²) in [6, 6.07) is 10.3. The molecule has 2 rings (SSSR count). The summed E-state index contributed by atoms with van der Waals surface area (Å²) in [4.78, 5) is 0.236. The Labute approximate surface area is 119 Å². The SMILES string of the molecule is C#CCN(CC)S(=O)(=O)c1ccc(N)c2ccccc12. The summed E-state index contributed by atoms with van der Waals surface area (Å²) >= 11 is 0. The van der Waals surface area contributed by atoms with Crippen LogP contribution in [0, 0.1) is 12.3 Å². The second-order valence-corrected chi connectivity index (χ2v) is 6.24. The van der Waals surface area contributed by atoms with Gasteiger partial charge in [0.05, 0.1) is 11.4 Å². The average molecular weight is 288 g/mol. The van der Waals surface area contributed by atoms with Crippen LogP contribution in [0.3, 0.4) is 0 Å². The summed E-state index contributed by atoms with van der Waals surface area (Å²) in [6.07, 6.45) is 5.24. The number of sulfonamides is 1. The van der Waals surface area contributed by atoms with E-state index >= 15 is 0 Å². The van der Waals surface area contributed by atoms with Gasteiger partial charge < -0.3 is 5.73 Å². The van der Waals surface area contributed by atoms with Gasteiger partial charge in [0.2, 0.25) is 10.0 Å². The highest BCUT2D eigenvalue weighted by molar-refractivity contribution is 7.89. The van der Waals surface area contributed by atoms with Crippen molar-refractivity contribution in [3.63, 3.8) is 0 Å². The predicted octanol–water partition coefficient (Wildman–Crippen LogP) is 2.07. The molecule has 0 amide bonds. The molecule has 0 aliphatic heterocycles. The number of anilines is 1. The molecular formula is C15H16N2O2S. The Hall–Kier alpha value is -2.03. The van der Waals surface area contributed by atoms with Gasteiger partial charge in [-0.15, -0.1) is 6.42 Å². The van der Waals surface area contributed by atoms with Crippen molar-refractivity contribution in [3.8, 4) is 12.3 Å². The molecule has 0 fully saturated rings. The van der Waals surface area contributed by atoms with E-state index in [2.05, 4.69) is 5.92 Å². The molecule has 5 heteroatoms. The van der Waals surface area contributed by atoms with Crippen LogP contribution in [0.2, 0.25) is 0 Å². The van der Waals surface area contributed by atoms with Gasteiger partial charge in [-0.1, -0.05) is 37.1 Å². The van der Waals surface area contributed by atoms with Crippen LogP contribution in [0.25, 0.3) is 10.8 Å². The molecule has 0 spiro atoms. The van der Waals surface area contributed by atoms with Crippen LogP contribution in [0.15, 0.2) is 41.3 Å². The molecule has 0 saturated heterocycles. The number of fused-ring (bicyclic) bond motifs is 1. The summed E-state index contributed by atoms with van der Waals surface area (Å²) in [5.74, 6) is 2.38. The second-order valence-electron chi connectivity index (χ2n) is 4.33. The first kappa shape index (κ1) is 14.4. The summed E-state index contributed by atoms with van der Waals surface area (Å²) in [5, 5.41) is 1.34. The third-order valence-electron chi connectivity index (χ3n) is 3.16. The molecule has 0 aliphatic carbocycles. The molecule has 20 heavy (non-hydrogen) atoms. The van der Waals surface area contributed by atoms with Gasteiger partial charge >= 0.3 is 0 Å². The molecule has 0 saturated carbocycles. The molecular weight excluding hydrogens is 272 g/mol. The number of nitrogen functional groups attached to an aromatic ring is 1. The van der Waals surface area contributed by atoms with Gasteiger partial charge in [-0.05, 0) is 12.1 Å². The van der Waals surface area contributed by atoms with Gasteiger partial charge in [-0.2, -0.15) is 4.31 Å². The maximum atomic E-state index is 12.7. The van der Waals surface area contributed by atoms with E-state index in [0.29, 0.717) is 17.6 Å². The summed E-state index contributed by atoms with van der Waals surface area (Å²) in [6.45, 7) is 2.14. The molecule has 0 radical (unpaired) electrons. The fourth-order valence-corrected chi connectivity index (χ4v) is 3.69. The largest absolute Gasteiger partial charge is 0.398 e. The number of hydrogen-bond acceptors (Lipinski definition) is 3. The van der Waals surface area contributed by atoms with E-state index in [1.807, 2.05) is 6.07 Å². The van der Waals surface area contributed by atoms with E-state index in [4.69, 9.17) is 12.2 Å². The van der Waals surface area contributed by atoms with E-state index in [-0.39, 0.29) is 11.4 Å². The molecule has 0 unspecified atom stereocenters. The first-order valence-corrected chi connectivity index (χ1v) is 7.67. The van der Waals surface area contributed by atoms with Gasteiger partial charge in [-0.3, -0.25) is 0 Å². The minimum Gasteiger partial charge on any atom is -0.398 e. The van der Waals surface area contributed by atoms with E-state index in [1.54, 1.807) is 31.2 Å². The molecule has 0 bridgehead atoms. The number of terminal acetylenes is 1. The number of nitrogens with two attached hydrogens (primary N) is 1. The molecule has 4 nitrogen and oxygen atoms in total. The van der Waals surface area contributed by atoms with Crippen LogP contribution >= 0.6 is 0 Å². The Morgan fingerprint density at radius 2 is 1.85 bits per heavy atom. The zero-order valence-corrected chi connectivity index (χ0v) is 12.0. The minimum atomic E-state index is -3.62. The van der Waals surface area contributed by atoms with Crippen molar-refractivity contribution in [2.45, 2.75) is 11.8 Å². The Morgan fingerprint density at radius 3 is 2.45 bits per heavy atom. The highest BCUT2D eigenvalue weighted by atomic mass is 32.2. The lowest BCUT2D eigenvalue weighted by Gasteiger charge is -2.19. The normalized spacial score (nSPS) is 11.7. The molecule has 0 aliphatic rings. The lowest BCUT2D eigenvalue weighted by molar-refractivity contribution is 0.465. The molecule has 2 N–H and O–H groups in total. The van der Waals surface area contributed by atoms with Crippen LogP contribution in [0.1, 0.15) is 6.92 Å². The molecule has 0 atom stereocenters. The first-order chi connectivity index (χ1) is 9.52. The molecule has 0 heterocycles. The fourth-order valence-electron chi connectivity index (χ4n) is 2.13. The van der Waals surface area contributed by atoms with E-state index in [9.17, 15) is 8.42 Å². The van der Waals surface area contributed by atoms with Crippen LogP contribution in [-0.2, 0) is 10.0 Å². The number of rotatable bonds is 4. The van der Waals surface area contributed by atoms with Crippen LogP contribution in [0.5, 0.6) is 0 Å². The summed E-state index contributed by atoms with van der Waals surface area (Å²) in [5.41, 5.74) is 6.45. The molecule has 104 valence electrons. The van der Waals surface area contributed by atoms with E-state index in [0.717, 1.165) is 5.39 Å². The standard InChI is InChI=1S/C15H16N2O2S/c1-3-11-17(4-2)20(18,19)15-10-9-14(16)12-7-5-6-8-13(12)15/h1,5-10H,4,11,16H2,2H3. The Balaban J connectivity index is 2.70. The Bertz CT molecular complexity index is 776. The minimum absolute atomic E-state index is 0.0531. The van der Waals surface area contributed by atoms with Crippen molar-refractivity contribution in [2.75, 3.05) is 18.8 Å². The first-order valence-electron chi connectivity index (χ1n) is 6.23. The predicted molar refractivity (Wildman–Crippen MR) is 81.6 cm³/mol. The van der Waals surface area contributed by atoms with Gasteiger partial charge in [0.1, 0.15) is 0 Å². The van der Waals surface area contributed by atoms with Crippen LogP contribution < -0.4 is 5.73 Å². The quantitative estimate of drug-likeness (QED) is 0.692. The number of nitrogens with zero attached hydrogens (tertiary/aromatic N) is 1. The maximum Gasteiger partial charge on any atom is 0.244 e. The van der Waals surface area contributed by atoms with E-state index < -0.39 is 10.0 Å². The lowest BCUT2D eigenvalue weighted by Crippen LogP contribution is -2.31. The maximum absolute atomic E-state index is 12.7. The van der Waals surface area contributed by atoms with Gasteiger partial charge in [0.25, 0.3) is 0 Å². The highest BCUT2D eigenvalue weighted by Crippen LogP contribution is 2.29. The Morgan fingerprint density at radius 1 is 1.20 bits per heavy atom. The van der Waals surface area contributed by atoms with Crippen LogP contribution in [-0.4, -0.2) is 25.8 Å². The van der Waals surface area contributed by atoms with Crippen molar-refractivity contribution in [2.24, 2.45) is 0 Å². The zero-order valence-electron chi connectivity index (χ0n) is 11.2. The van der Waals surface area contributed by atoms with Crippen molar-refractivity contribution in [3.05, 3.63) is 36.4 Å². The van der Waals surface area contributed by atoms with Crippen molar-refractivity contribution in [1.82, 2.24) is 4.31 Å². The highest BCUT2D eigenvalue weighted by Gasteiger charge is 2.24. The lowest BCUT2D eigenvalue weighted by atomic mass is 10.1. The number of benzene rings is 2. The molecule has 2 aromatic rings. The summed E-state index contributed by atoms with van der Waals surface area (Å²) in [7, 11) is -3.62. The molecule has 2 aromatic carbocycles. The van der Waals surface area contributed by atoms with Gasteiger partial charge in [0, 0.05) is 23.0 Å². The smallest absolute Gasteiger partial charge is 0.244 e. The van der Waals surface area contributed by atoms with Gasteiger partial charge in [-0.25, -0.2) is 8.42 Å². The Kier molecular flexibility index (Phi) is 3.98. The monoisotopic (exact) mass is 288 g/mol. The van der Waals surface area contributed by atoms with Crippen molar-refractivity contribution in [1.29, 1.82) is 0 Å². The topological polar surface area (TPSA) is 63.4 Å². The van der Waals surface area contributed by atoms with Crippen molar-refractivity contribution < 1.29 is 8.42 Å². The second kappa shape index (κ2) is 5.53. The van der Waals surface area contributed by atoms with Gasteiger partial charge in [0.15, 0.2) is 0 Å². The fraction of sp³-hybridized carbons (Fsp3) is 0.200. The van der Waals surface area contributed by atoms with Crippen LogP contribution in [0.4, 0.5) is 5.69 Å². The summed E-state index contributed by atoms with van der Waals surface area (Å²) < 4.78 is 26.6. The molecule has 0 aromatic heterocycles. The number of hydrogen-bond donors (Lipinski definition) is 1. The van der Waals surface area contributed by atoms with Crippen molar-refractivity contribution >= 4 is 26.5 Å². The van der Waals surface area contributed by atoms with E-state index in [1.165, 1.54) is 10.4 Å². The third-order valence-corrected chi connectivity index (χ3v) is 5.13. The average Bonchev–Trinajstić information content (AvgIpc) is 2.45.